The van der Waals surface area contributed by atoms with Crippen molar-refractivity contribution >= 4 is 23.3 Å². The quantitative estimate of drug-likeness (QED) is 0.550. The average molecular weight is 478 g/mol. The topological polar surface area (TPSA) is 76.6 Å². The Balaban J connectivity index is 1.60. The second kappa shape index (κ2) is 9.26. The van der Waals surface area contributed by atoms with Gasteiger partial charge in [0, 0.05) is 19.2 Å². The lowest BCUT2D eigenvalue weighted by atomic mass is 9.80. The molecule has 0 unspecified atom stereocenters. The summed E-state index contributed by atoms with van der Waals surface area (Å²) in [5, 5.41) is 3.39. The van der Waals surface area contributed by atoms with Gasteiger partial charge in [0.05, 0.1) is 18.2 Å². The van der Waals surface area contributed by atoms with Crippen molar-refractivity contribution < 1.29 is 27.4 Å². The lowest BCUT2D eigenvalue weighted by molar-refractivity contribution is -0.0498. The monoisotopic (exact) mass is 478 g/mol. The van der Waals surface area contributed by atoms with E-state index >= 15 is 0 Å². The second-order valence-corrected chi connectivity index (χ2v) is 8.41. The van der Waals surface area contributed by atoms with Crippen molar-refractivity contribution in [3.05, 3.63) is 64.7 Å². The Labute approximate surface area is 192 Å². The molecule has 0 aliphatic carbocycles. The molecule has 0 saturated carbocycles. The van der Waals surface area contributed by atoms with E-state index in [2.05, 4.69) is 19.4 Å². The molecule has 11 heteroatoms. The highest BCUT2D eigenvalue weighted by Crippen LogP contribution is 2.42. The molecule has 2 amide bonds. The van der Waals surface area contributed by atoms with Gasteiger partial charge >= 0.3 is 12.6 Å². The predicted octanol–water partition coefficient (Wildman–Crippen LogP) is 4.82. The summed E-state index contributed by atoms with van der Waals surface area (Å²) in [6.07, 6.45) is 1.96. The van der Waals surface area contributed by atoms with Crippen LogP contribution in [0.15, 0.2) is 42.7 Å². The minimum atomic E-state index is -3.00. The fourth-order valence-corrected chi connectivity index (χ4v) is 4.69. The van der Waals surface area contributed by atoms with Crippen LogP contribution in [0.2, 0.25) is 0 Å². The van der Waals surface area contributed by atoms with Crippen LogP contribution in [0.1, 0.15) is 22.6 Å². The van der Waals surface area contributed by atoms with Crippen LogP contribution in [-0.4, -0.2) is 47.1 Å². The van der Waals surface area contributed by atoms with E-state index in [9.17, 15) is 18.0 Å². The molecule has 1 atom stereocenters. The number of aryl methyl sites for hydroxylation is 1. The number of methoxy groups -OCH3 is 1. The summed E-state index contributed by atoms with van der Waals surface area (Å²) in [5.74, 6) is -0.152. The molecule has 0 radical (unpaired) electrons. The highest BCUT2D eigenvalue weighted by Gasteiger charge is 2.45. The number of carbonyl (C=O) groups excluding carboxylic acids is 1. The van der Waals surface area contributed by atoms with E-state index in [0.717, 1.165) is 0 Å². The van der Waals surface area contributed by atoms with Gasteiger partial charge in [-0.2, -0.15) is 13.2 Å². The molecule has 1 saturated heterocycles. The van der Waals surface area contributed by atoms with Crippen LogP contribution < -0.4 is 14.8 Å². The van der Waals surface area contributed by atoms with Crippen LogP contribution in [-0.2, 0) is 5.41 Å². The van der Waals surface area contributed by atoms with E-state index in [1.807, 2.05) is 6.07 Å². The highest BCUT2D eigenvalue weighted by atomic mass is 32.1. The van der Waals surface area contributed by atoms with Gasteiger partial charge in [0.1, 0.15) is 28.7 Å². The summed E-state index contributed by atoms with van der Waals surface area (Å²) in [7, 11) is 1.40. The van der Waals surface area contributed by atoms with Crippen molar-refractivity contribution in [2.24, 2.45) is 0 Å². The smallest absolute Gasteiger partial charge is 0.387 e. The van der Waals surface area contributed by atoms with Gasteiger partial charge in [0.2, 0.25) is 0 Å². The number of halogens is 3. The van der Waals surface area contributed by atoms with Crippen molar-refractivity contribution in [1.82, 2.24) is 14.3 Å². The number of anilines is 1. The summed E-state index contributed by atoms with van der Waals surface area (Å²) in [6.45, 7) is -0.699. The third-order valence-electron chi connectivity index (χ3n) is 5.69. The normalized spacial score (nSPS) is 17.9. The minimum absolute atomic E-state index is 0.110. The zero-order valence-electron chi connectivity index (χ0n) is 17.8. The van der Waals surface area contributed by atoms with Crippen LogP contribution in [0.4, 0.5) is 23.7 Å². The van der Waals surface area contributed by atoms with E-state index in [0.29, 0.717) is 34.8 Å². The molecule has 1 aromatic heterocycles. The number of amides is 2. The minimum Gasteiger partial charge on any atom is -0.495 e. The Hall–Kier alpha value is -3.34. The average Bonchev–Trinajstić information content (AvgIpc) is 3.46. The fraction of sp³-hybridized carbons (Fsp3) is 0.318. The number of likely N-dealkylation sites (tertiary alicyclic amines) is 1. The molecular weight excluding hydrogens is 457 g/mol. The molecule has 3 aromatic rings. The molecule has 1 fully saturated rings. The van der Waals surface area contributed by atoms with Crippen LogP contribution in [0.25, 0.3) is 0 Å². The highest BCUT2D eigenvalue weighted by molar-refractivity contribution is 7.05. The number of nitrogens with zero attached hydrogens (tertiary/aromatic N) is 3. The van der Waals surface area contributed by atoms with Crippen molar-refractivity contribution in [3.8, 4) is 11.5 Å². The largest absolute Gasteiger partial charge is 0.495 e. The van der Waals surface area contributed by atoms with Gasteiger partial charge in [-0.1, -0.05) is 12.1 Å². The van der Waals surface area contributed by atoms with E-state index in [-0.39, 0.29) is 23.8 Å². The Kier molecular flexibility index (Phi) is 6.41. The van der Waals surface area contributed by atoms with E-state index < -0.39 is 18.1 Å². The first-order chi connectivity index (χ1) is 15.8. The molecule has 7 nitrogen and oxygen atoms in total. The molecular formula is C22H21F3N4O3S. The van der Waals surface area contributed by atoms with Gasteiger partial charge in [0.25, 0.3) is 0 Å². The Morgan fingerprint density at radius 2 is 2.09 bits per heavy atom. The van der Waals surface area contributed by atoms with Gasteiger partial charge in [-0.25, -0.2) is 14.2 Å². The standard InChI is InChI=1S/C22H21F3N4O3S/c1-13-3-4-14(9-16(13)23)22(19-26-12-27-33-19)7-8-29(11-22)21(30)28-17-10-15(32-20(24)25)5-6-18(17)31-2/h3-6,9-10,12,20H,7-8,11H2,1-2H3,(H,28,30)/t22-/m0/s1. The first-order valence-corrected chi connectivity index (χ1v) is 10.8. The maximum atomic E-state index is 14.4. The van der Waals surface area contributed by atoms with Crippen molar-refractivity contribution in [1.29, 1.82) is 0 Å². The molecule has 1 N–H and O–H groups in total. The van der Waals surface area contributed by atoms with Gasteiger partial charge < -0.3 is 19.7 Å². The first-order valence-electron chi connectivity index (χ1n) is 10.0. The molecule has 33 heavy (non-hydrogen) atoms. The summed E-state index contributed by atoms with van der Waals surface area (Å²) in [6, 6.07) is 8.59. The maximum absolute atomic E-state index is 14.4. The van der Waals surface area contributed by atoms with Crippen molar-refractivity contribution in [2.45, 2.75) is 25.4 Å². The molecule has 2 heterocycles. The Morgan fingerprint density at radius 1 is 1.27 bits per heavy atom. The molecule has 4 rings (SSSR count). The Morgan fingerprint density at radius 3 is 2.76 bits per heavy atom. The number of nitrogens with one attached hydrogen (secondary N) is 1. The van der Waals surface area contributed by atoms with Gasteiger partial charge in [0.15, 0.2) is 0 Å². The van der Waals surface area contributed by atoms with Crippen molar-refractivity contribution in [3.63, 3.8) is 0 Å². The SMILES string of the molecule is COc1ccc(OC(F)F)cc1NC(=O)N1CC[C@](c2ccc(C)c(F)c2)(c2ncns2)C1. The lowest BCUT2D eigenvalue weighted by Crippen LogP contribution is -2.37. The van der Waals surface area contributed by atoms with Gasteiger partial charge in [-0.3, -0.25) is 0 Å². The number of hydrogen-bond acceptors (Lipinski definition) is 6. The Bertz CT molecular complexity index is 1150. The molecule has 0 bridgehead atoms. The number of hydrogen-bond donors (Lipinski definition) is 1. The number of benzene rings is 2. The van der Waals surface area contributed by atoms with Crippen LogP contribution in [0.5, 0.6) is 11.5 Å². The van der Waals surface area contributed by atoms with Crippen LogP contribution in [0, 0.1) is 12.7 Å². The number of carbonyl (C=O) groups is 1. The number of ether oxygens (including phenoxy) is 2. The fourth-order valence-electron chi connectivity index (χ4n) is 3.95. The third kappa shape index (κ3) is 4.58. The molecule has 2 aromatic carbocycles. The van der Waals surface area contributed by atoms with Crippen LogP contribution in [0.3, 0.4) is 0 Å². The van der Waals surface area contributed by atoms with E-state index in [4.69, 9.17) is 4.74 Å². The first kappa shape index (κ1) is 22.8. The molecule has 174 valence electrons. The third-order valence-corrected chi connectivity index (χ3v) is 6.56. The number of alkyl halides is 2. The summed E-state index contributed by atoms with van der Waals surface area (Å²) in [4.78, 5) is 19.0. The summed E-state index contributed by atoms with van der Waals surface area (Å²) < 4.78 is 53.3. The summed E-state index contributed by atoms with van der Waals surface area (Å²) >= 11 is 1.21. The lowest BCUT2D eigenvalue weighted by Gasteiger charge is -2.28. The molecule has 1 aliphatic rings. The van der Waals surface area contributed by atoms with Crippen molar-refractivity contribution in [2.75, 3.05) is 25.5 Å². The van der Waals surface area contributed by atoms with E-state index in [1.54, 1.807) is 17.9 Å². The van der Waals surface area contributed by atoms with Gasteiger partial charge in [-0.05, 0) is 54.2 Å². The van der Waals surface area contributed by atoms with E-state index in [1.165, 1.54) is 49.2 Å². The number of aromatic nitrogens is 2. The zero-order valence-corrected chi connectivity index (χ0v) is 18.7. The zero-order chi connectivity index (χ0) is 23.6. The van der Waals surface area contributed by atoms with Crippen LogP contribution >= 0.6 is 11.5 Å². The molecule has 0 spiro atoms. The number of rotatable bonds is 6. The predicted molar refractivity (Wildman–Crippen MR) is 117 cm³/mol. The maximum Gasteiger partial charge on any atom is 0.387 e. The summed E-state index contributed by atoms with van der Waals surface area (Å²) in [5.41, 5.74) is 0.715. The second-order valence-electron chi connectivity index (χ2n) is 7.63. The van der Waals surface area contributed by atoms with Gasteiger partial charge in [-0.15, -0.1) is 0 Å². The number of urea groups is 1. The molecule has 1 aliphatic heterocycles.